The van der Waals surface area contributed by atoms with Gasteiger partial charge in [0, 0.05) is 5.92 Å². The first-order valence-corrected chi connectivity index (χ1v) is 7.69. The van der Waals surface area contributed by atoms with Gasteiger partial charge in [0.2, 0.25) is 5.89 Å². The van der Waals surface area contributed by atoms with Crippen molar-refractivity contribution in [2.75, 3.05) is 0 Å². The van der Waals surface area contributed by atoms with Crippen LogP contribution in [0.5, 0.6) is 0 Å². The molecule has 1 aromatic heterocycles. The van der Waals surface area contributed by atoms with Crippen LogP contribution in [0.4, 0.5) is 0 Å². The monoisotopic (exact) mass is 265 g/mol. The van der Waals surface area contributed by atoms with Crippen molar-refractivity contribution in [2.24, 2.45) is 11.7 Å². The molecule has 2 rings (SSSR count). The predicted molar refractivity (Wildman–Crippen MR) is 75.7 cm³/mol. The maximum Gasteiger partial charge on any atom is 0.246 e. The molecule has 1 unspecified atom stereocenters. The number of rotatable bonds is 5. The van der Waals surface area contributed by atoms with E-state index in [0.29, 0.717) is 11.8 Å². The summed E-state index contributed by atoms with van der Waals surface area (Å²) in [5.74, 6) is 2.83. The third-order valence-corrected chi connectivity index (χ3v) is 4.57. The van der Waals surface area contributed by atoms with Crippen molar-refractivity contribution < 1.29 is 4.52 Å². The van der Waals surface area contributed by atoms with Crippen LogP contribution in [-0.2, 0) is 5.54 Å². The largest absolute Gasteiger partial charge is 0.337 e. The average Bonchev–Trinajstić information content (AvgIpc) is 2.90. The fraction of sp³-hybridized carbons (Fsp3) is 0.867. The molecule has 1 aliphatic carbocycles. The highest BCUT2D eigenvalue weighted by Gasteiger charge is 2.30. The standard InChI is InChI=1S/C15H27N3O/c1-4-6-11-7-9-12(10-8-11)13-17-14(19-18-13)15(3,16)5-2/h11-12H,4-10,16H2,1-3H3. The van der Waals surface area contributed by atoms with Gasteiger partial charge >= 0.3 is 0 Å². The SMILES string of the molecule is CCCC1CCC(c2noc(C(C)(N)CC)n2)CC1. The number of nitrogens with two attached hydrogens (primary N) is 1. The Hall–Kier alpha value is -0.900. The Morgan fingerprint density at radius 1 is 1.26 bits per heavy atom. The summed E-state index contributed by atoms with van der Waals surface area (Å²) < 4.78 is 5.36. The van der Waals surface area contributed by atoms with Crippen LogP contribution in [0.1, 0.15) is 83.3 Å². The Morgan fingerprint density at radius 2 is 1.95 bits per heavy atom. The zero-order valence-electron chi connectivity index (χ0n) is 12.5. The van der Waals surface area contributed by atoms with Gasteiger partial charge in [0.05, 0.1) is 5.54 Å². The van der Waals surface area contributed by atoms with Gasteiger partial charge in [0.1, 0.15) is 0 Å². The molecule has 0 aromatic carbocycles. The van der Waals surface area contributed by atoms with Crippen molar-refractivity contribution in [3.05, 3.63) is 11.7 Å². The van der Waals surface area contributed by atoms with E-state index in [4.69, 9.17) is 10.3 Å². The summed E-state index contributed by atoms with van der Waals surface area (Å²) in [5, 5.41) is 4.16. The lowest BCUT2D eigenvalue weighted by Gasteiger charge is -2.26. The van der Waals surface area contributed by atoms with E-state index in [1.54, 1.807) is 0 Å². The fourth-order valence-electron chi connectivity index (χ4n) is 2.90. The van der Waals surface area contributed by atoms with Crippen LogP contribution in [0.2, 0.25) is 0 Å². The highest BCUT2D eigenvalue weighted by atomic mass is 16.5. The first-order chi connectivity index (χ1) is 9.06. The van der Waals surface area contributed by atoms with Crippen molar-refractivity contribution in [2.45, 2.75) is 77.2 Å². The lowest BCUT2D eigenvalue weighted by Crippen LogP contribution is -2.32. The Labute approximate surface area is 116 Å². The maximum atomic E-state index is 6.15. The highest BCUT2D eigenvalue weighted by molar-refractivity contribution is 5.03. The van der Waals surface area contributed by atoms with Crippen LogP contribution in [-0.4, -0.2) is 10.1 Å². The molecule has 1 fully saturated rings. The maximum absolute atomic E-state index is 6.15. The van der Waals surface area contributed by atoms with Gasteiger partial charge in [0.15, 0.2) is 5.82 Å². The van der Waals surface area contributed by atoms with Gasteiger partial charge < -0.3 is 10.3 Å². The van der Waals surface area contributed by atoms with Gasteiger partial charge in [-0.05, 0) is 44.9 Å². The molecule has 108 valence electrons. The summed E-state index contributed by atoms with van der Waals surface area (Å²) in [6, 6.07) is 0. The van der Waals surface area contributed by atoms with E-state index >= 15 is 0 Å². The van der Waals surface area contributed by atoms with Crippen LogP contribution >= 0.6 is 0 Å². The number of nitrogens with zero attached hydrogens (tertiary/aromatic N) is 2. The zero-order chi connectivity index (χ0) is 13.9. The molecule has 4 nitrogen and oxygen atoms in total. The van der Waals surface area contributed by atoms with Gasteiger partial charge in [-0.2, -0.15) is 4.98 Å². The van der Waals surface area contributed by atoms with Gasteiger partial charge in [-0.3, -0.25) is 0 Å². The first kappa shape index (κ1) is 14.5. The number of aromatic nitrogens is 2. The Balaban J connectivity index is 1.97. The lowest BCUT2D eigenvalue weighted by molar-refractivity contribution is 0.279. The molecule has 1 heterocycles. The molecule has 0 bridgehead atoms. The van der Waals surface area contributed by atoms with Crippen molar-refractivity contribution in [3.8, 4) is 0 Å². The molecule has 1 saturated carbocycles. The van der Waals surface area contributed by atoms with E-state index < -0.39 is 5.54 Å². The van der Waals surface area contributed by atoms with Gasteiger partial charge in [-0.25, -0.2) is 0 Å². The molecular formula is C15H27N3O. The van der Waals surface area contributed by atoms with Crippen molar-refractivity contribution in [3.63, 3.8) is 0 Å². The molecule has 1 aromatic rings. The van der Waals surface area contributed by atoms with Crippen LogP contribution in [0.3, 0.4) is 0 Å². The summed E-state index contributed by atoms with van der Waals surface area (Å²) in [4.78, 5) is 4.54. The predicted octanol–water partition coefficient (Wildman–Crippen LogP) is 3.73. The zero-order valence-corrected chi connectivity index (χ0v) is 12.5. The number of hydrogen-bond donors (Lipinski definition) is 1. The molecule has 0 radical (unpaired) electrons. The summed E-state index contributed by atoms with van der Waals surface area (Å²) in [7, 11) is 0. The van der Waals surface area contributed by atoms with E-state index in [9.17, 15) is 0 Å². The quantitative estimate of drug-likeness (QED) is 0.881. The second-order valence-corrected chi connectivity index (χ2v) is 6.24. The second-order valence-electron chi connectivity index (χ2n) is 6.24. The Kier molecular flexibility index (Phi) is 4.61. The smallest absolute Gasteiger partial charge is 0.246 e. The Morgan fingerprint density at radius 3 is 2.53 bits per heavy atom. The lowest BCUT2D eigenvalue weighted by atomic mass is 9.80. The van der Waals surface area contributed by atoms with E-state index in [1.165, 1.54) is 38.5 Å². The van der Waals surface area contributed by atoms with Crippen LogP contribution in [0, 0.1) is 5.92 Å². The Bertz CT molecular complexity index is 392. The first-order valence-electron chi connectivity index (χ1n) is 7.69. The molecule has 1 atom stereocenters. The second kappa shape index (κ2) is 6.04. The molecule has 0 spiro atoms. The third-order valence-electron chi connectivity index (χ3n) is 4.57. The molecular weight excluding hydrogens is 238 g/mol. The average molecular weight is 265 g/mol. The molecule has 0 saturated heterocycles. The summed E-state index contributed by atoms with van der Waals surface area (Å²) in [6.07, 6.45) is 8.45. The fourth-order valence-corrected chi connectivity index (χ4v) is 2.90. The highest BCUT2D eigenvalue weighted by Crippen LogP contribution is 2.36. The van der Waals surface area contributed by atoms with E-state index in [-0.39, 0.29) is 0 Å². The molecule has 2 N–H and O–H groups in total. The van der Waals surface area contributed by atoms with Crippen LogP contribution in [0.15, 0.2) is 4.52 Å². The minimum absolute atomic E-state index is 0.471. The topological polar surface area (TPSA) is 64.9 Å². The van der Waals surface area contributed by atoms with Gasteiger partial charge in [-0.1, -0.05) is 31.8 Å². The van der Waals surface area contributed by atoms with E-state index in [2.05, 4.69) is 17.1 Å². The van der Waals surface area contributed by atoms with Gasteiger partial charge in [-0.15, -0.1) is 0 Å². The number of hydrogen-bond acceptors (Lipinski definition) is 4. The summed E-state index contributed by atoms with van der Waals surface area (Å²) in [6.45, 7) is 6.26. The molecule has 0 aliphatic heterocycles. The minimum Gasteiger partial charge on any atom is -0.337 e. The molecule has 0 amide bonds. The van der Waals surface area contributed by atoms with Crippen molar-refractivity contribution >= 4 is 0 Å². The van der Waals surface area contributed by atoms with Crippen LogP contribution < -0.4 is 5.73 Å². The van der Waals surface area contributed by atoms with Crippen molar-refractivity contribution in [1.82, 2.24) is 10.1 Å². The molecule has 19 heavy (non-hydrogen) atoms. The minimum atomic E-state index is -0.495. The van der Waals surface area contributed by atoms with E-state index in [0.717, 1.165) is 18.2 Å². The summed E-state index contributed by atoms with van der Waals surface area (Å²) in [5.41, 5.74) is 5.65. The third kappa shape index (κ3) is 3.35. The molecule has 1 aliphatic rings. The van der Waals surface area contributed by atoms with Crippen molar-refractivity contribution in [1.29, 1.82) is 0 Å². The normalized spacial score (nSPS) is 27.2. The molecule has 4 heteroatoms. The van der Waals surface area contributed by atoms with Crippen LogP contribution in [0.25, 0.3) is 0 Å². The van der Waals surface area contributed by atoms with E-state index in [1.807, 2.05) is 13.8 Å². The summed E-state index contributed by atoms with van der Waals surface area (Å²) >= 11 is 0. The van der Waals surface area contributed by atoms with Gasteiger partial charge in [0.25, 0.3) is 0 Å².